The highest BCUT2D eigenvalue weighted by molar-refractivity contribution is 5.53. The van der Waals surface area contributed by atoms with Crippen LogP contribution in [0.5, 0.6) is 0 Å². The summed E-state index contributed by atoms with van der Waals surface area (Å²) in [4.78, 5) is 10.8. The second-order valence-corrected chi connectivity index (χ2v) is 7.17. The van der Waals surface area contributed by atoms with Crippen molar-refractivity contribution in [1.29, 1.82) is 0 Å². The number of rotatable bonds is 6. The van der Waals surface area contributed by atoms with Crippen molar-refractivity contribution in [3.05, 3.63) is 0 Å². The van der Waals surface area contributed by atoms with Crippen molar-refractivity contribution in [2.45, 2.75) is 84.0 Å². The van der Waals surface area contributed by atoms with E-state index < -0.39 is 0 Å². The molecule has 0 heterocycles. The predicted octanol–water partition coefficient (Wildman–Crippen LogP) is 5.38. The smallest absolute Gasteiger partial charge is 0.123 e. The van der Waals surface area contributed by atoms with Crippen molar-refractivity contribution in [2.75, 3.05) is 0 Å². The summed E-state index contributed by atoms with van der Waals surface area (Å²) in [5.41, 5.74) is 0. The fraction of sp³-hybridized carbons (Fsp3) is 0.944. The molecular weight excluding hydrogens is 232 g/mol. The molecule has 2 fully saturated rings. The summed E-state index contributed by atoms with van der Waals surface area (Å²) in [6, 6.07) is 0. The minimum absolute atomic E-state index is 0.390. The Morgan fingerprint density at radius 2 is 1.16 bits per heavy atom. The van der Waals surface area contributed by atoms with Crippen LogP contribution in [0.15, 0.2) is 0 Å². The van der Waals surface area contributed by atoms with Gasteiger partial charge in [-0.3, -0.25) is 0 Å². The molecule has 2 aliphatic carbocycles. The van der Waals surface area contributed by atoms with Gasteiger partial charge < -0.3 is 4.79 Å². The number of hydrogen-bond donors (Lipinski definition) is 0. The summed E-state index contributed by atoms with van der Waals surface area (Å²) in [6.45, 7) is 2.32. The van der Waals surface area contributed by atoms with Crippen molar-refractivity contribution in [3.63, 3.8) is 0 Å². The molecular formula is C18H32O. The molecule has 19 heavy (non-hydrogen) atoms. The summed E-state index contributed by atoms with van der Waals surface area (Å²) in [6.07, 6.45) is 17.9. The van der Waals surface area contributed by atoms with Gasteiger partial charge in [-0.05, 0) is 43.4 Å². The van der Waals surface area contributed by atoms with Crippen LogP contribution in [0.3, 0.4) is 0 Å². The van der Waals surface area contributed by atoms with E-state index in [4.69, 9.17) is 0 Å². The van der Waals surface area contributed by atoms with Crippen LogP contribution in [-0.4, -0.2) is 6.29 Å². The highest BCUT2D eigenvalue weighted by atomic mass is 16.1. The van der Waals surface area contributed by atoms with Gasteiger partial charge >= 0.3 is 0 Å². The van der Waals surface area contributed by atoms with Crippen LogP contribution in [0.2, 0.25) is 0 Å². The molecule has 1 nitrogen and oxygen atoms in total. The maximum Gasteiger partial charge on any atom is 0.123 e. The number of carbonyl (C=O) groups is 1. The van der Waals surface area contributed by atoms with Gasteiger partial charge in [0.05, 0.1) is 0 Å². The van der Waals surface area contributed by atoms with Crippen LogP contribution in [0.1, 0.15) is 84.0 Å². The molecule has 0 saturated heterocycles. The molecule has 0 aromatic heterocycles. The van der Waals surface area contributed by atoms with Crippen LogP contribution in [-0.2, 0) is 4.79 Å². The Kier molecular flexibility index (Phi) is 6.40. The Labute approximate surface area is 119 Å². The predicted molar refractivity (Wildman–Crippen MR) is 81.1 cm³/mol. The summed E-state index contributed by atoms with van der Waals surface area (Å²) in [7, 11) is 0. The fourth-order valence-electron chi connectivity index (χ4n) is 4.30. The van der Waals surface area contributed by atoms with Gasteiger partial charge in [-0.1, -0.05) is 58.3 Å². The van der Waals surface area contributed by atoms with Crippen LogP contribution in [0.25, 0.3) is 0 Å². The van der Waals surface area contributed by atoms with E-state index in [1.54, 1.807) is 0 Å². The summed E-state index contributed by atoms with van der Waals surface area (Å²) < 4.78 is 0. The summed E-state index contributed by atoms with van der Waals surface area (Å²) in [5.74, 6) is 3.39. The third kappa shape index (κ3) is 4.93. The van der Waals surface area contributed by atoms with E-state index in [0.29, 0.717) is 5.92 Å². The van der Waals surface area contributed by atoms with Gasteiger partial charge in [-0.15, -0.1) is 0 Å². The average Bonchev–Trinajstić information content (AvgIpc) is 2.47. The Morgan fingerprint density at radius 1 is 0.737 bits per heavy atom. The SMILES string of the molecule is CCC[C@H]1CC[C@H](CC[C@H]2CC[C@H](C=O)CC2)CC1. The molecule has 0 aromatic rings. The molecule has 2 aliphatic rings. The third-order valence-corrected chi connectivity index (χ3v) is 5.73. The lowest BCUT2D eigenvalue weighted by Gasteiger charge is -2.31. The van der Waals surface area contributed by atoms with Crippen molar-refractivity contribution in [3.8, 4) is 0 Å². The lowest BCUT2D eigenvalue weighted by molar-refractivity contribution is -0.112. The van der Waals surface area contributed by atoms with Gasteiger partial charge in [0.1, 0.15) is 6.29 Å². The minimum Gasteiger partial charge on any atom is -0.303 e. The van der Waals surface area contributed by atoms with Crippen molar-refractivity contribution >= 4 is 6.29 Å². The van der Waals surface area contributed by atoms with Gasteiger partial charge in [0, 0.05) is 5.92 Å². The first-order valence-electron chi connectivity index (χ1n) is 8.77. The first-order chi connectivity index (χ1) is 9.31. The standard InChI is InChI=1S/C18H32O/c1-2-3-15-4-6-16(7-5-15)8-9-17-10-12-18(14-19)13-11-17/h14-18H,2-13H2,1H3/t15-,16-,17-,18-. The van der Waals surface area contributed by atoms with Gasteiger partial charge in [-0.25, -0.2) is 0 Å². The molecule has 0 atom stereocenters. The lowest BCUT2D eigenvalue weighted by atomic mass is 9.75. The molecule has 0 spiro atoms. The van der Waals surface area contributed by atoms with Crippen LogP contribution < -0.4 is 0 Å². The Bertz CT molecular complexity index is 244. The summed E-state index contributed by atoms with van der Waals surface area (Å²) >= 11 is 0. The number of hydrogen-bond acceptors (Lipinski definition) is 1. The number of aldehydes is 1. The molecule has 2 rings (SSSR count). The maximum absolute atomic E-state index is 10.8. The zero-order chi connectivity index (χ0) is 13.5. The summed E-state index contributed by atoms with van der Waals surface area (Å²) in [5, 5.41) is 0. The first kappa shape index (κ1) is 15.1. The first-order valence-corrected chi connectivity index (χ1v) is 8.77. The van der Waals surface area contributed by atoms with E-state index in [0.717, 1.165) is 30.6 Å². The van der Waals surface area contributed by atoms with Crippen LogP contribution >= 0.6 is 0 Å². The Balaban J connectivity index is 1.58. The van der Waals surface area contributed by atoms with E-state index in [9.17, 15) is 4.79 Å². The molecule has 0 N–H and O–H groups in total. The molecule has 2 saturated carbocycles. The molecule has 0 unspecified atom stereocenters. The van der Waals surface area contributed by atoms with Crippen LogP contribution in [0.4, 0.5) is 0 Å². The molecule has 0 bridgehead atoms. The second-order valence-electron chi connectivity index (χ2n) is 7.17. The number of carbonyl (C=O) groups excluding carboxylic acids is 1. The quantitative estimate of drug-likeness (QED) is 0.589. The van der Waals surface area contributed by atoms with Crippen molar-refractivity contribution in [2.24, 2.45) is 23.7 Å². The van der Waals surface area contributed by atoms with E-state index in [-0.39, 0.29) is 0 Å². The molecule has 1 heteroatoms. The lowest BCUT2D eigenvalue weighted by Crippen LogP contribution is -2.18. The van der Waals surface area contributed by atoms with Gasteiger partial charge in [0.15, 0.2) is 0 Å². The second kappa shape index (κ2) is 8.07. The zero-order valence-electron chi connectivity index (χ0n) is 12.8. The molecule has 0 aromatic carbocycles. The normalized spacial score (nSPS) is 36.1. The van der Waals surface area contributed by atoms with Crippen LogP contribution in [0, 0.1) is 23.7 Å². The largest absolute Gasteiger partial charge is 0.303 e. The highest BCUT2D eigenvalue weighted by Gasteiger charge is 2.24. The van der Waals surface area contributed by atoms with E-state index in [2.05, 4.69) is 6.92 Å². The van der Waals surface area contributed by atoms with Gasteiger partial charge in [0.2, 0.25) is 0 Å². The molecule has 110 valence electrons. The van der Waals surface area contributed by atoms with Crippen molar-refractivity contribution in [1.82, 2.24) is 0 Å². The minimum atomic E-state index is 0.390. The Morgan fingerprint density at radius 3 is 1.58 bits per heavy atom. The fourth-order valence-corrected chi connectivity index (χ4v) is 4.30. The molecule has 0 amide bonds. The maximum atomic E-state index is 10.8. The molecule has 0 radical (unpaired) electrons. The van der Waals surface area contributed by atoms with Crippen molar-refractivity contribution < 1.29 is 4.79 Å². The topological polar surface area (TPSA) is 17.1 Å². The monoisotopic (exact) mass is 264 g/mol. The van der Waals surface area contributed by atoms with E-state index in [1.807, 2.05) is 0 Å². The van der Waals surface area contributed by atoms with E-state index in [1.165, 1.54) is 70.5 Å². The van der Waals surface area contributed by atoms with Gasteiger partial charge in [-0.2, -0.15) is 0 Å². The highest BCUT2D eigenvalue weighted by Crippen LogP contribution is 2.37. The molecule has 0 aliphatic heterocycles. The van der Waals surface area contributed by atoms with E-state index >= 15 is 0 Å². The van der Waals surface area contributed by atoms with Gasteiger partial charge in [0.25, 0.3) is 0 Å². The Hall–Kier alpha value is -0.330. The average molecular weight is 264 g/mol. The third-order valence-electron chi connectivity index (χ3n) is 5.73. The zero-order valence-corrected chi connectivity index (χ0v) is 12.8.